The Balaban J connectivity index is 1.57. The van der Waals surface area contributed by atoms with Gasteiger partial charge >= 0.3 is 0 Å². The molecule has 1 saturated heterocycles. The fraction of sp³-hybridized carbons (Fsp3) is 0.333. The fourth-order valence-corrected chi connectivity index (χ4v) is 3.20. The number of hydrogen-bond donors (Lipinski definition) is 1. The minimum absolute atomic E-state index is 0.0259. The summed E-state index contributed by atoms with van der Waals surface area (Å²) in [6.07, 6.45) is 5.38. The maximum absolute atomic E-state index is 12.2. The average Bonchev–Trinajstić information content (AvgIpc) is 2.56. The number of halogens is 1. The molecule has 0 radical (unpaired) electrons. The number of pyridine rings is 1. The first kappa shape index (κ1) is 16.0. The molecule has 23 heavy (non-hydrogen) atoms. The summed E-state index contributed by atoms with van der Waals surface area (Å²) in [7, 11) is 0. The SMILES string of the molecule is O=C(NC1CCCN(Cc2cccc(Cl)c2)C1)c1ccncc1. The van der Waals surface area contributed by atoms with Gasteiger partial charge < -0.3 is 5.32 Å². The number of nitrogens with one attached hydrogen (secondary N) is 1. The van der Waals surface area contributed by atoms with E-state index in [1.54, 1.807) is 24.5 Å². The Labute approximate surface area is 141 Å². The molecule has 3 rings (SSSR count). The number of nitrogens with zero attached hydrogens (tertiary/aromatic N) is 2. The molecule has 1 aromatic carbocycles. The number of benzene rings is 1. The van der Waals surface area contributed by atoms with E-state index in [-0.39, 0.29) is 11.9 Å². The smallest absolute Gasteiger partial charge is 0.251 e. The zero-order valence-electron chi connectivity index (χ0n) is 12.9. The van der Waals surface area contributed by atoms with Crippen LogP contribution in [0.4, 0.5) is 0 Å². The Morgan fingerprint density at radius 2 is 2.13 bits per heavy atom. The number of rotatable bonds is 4. The van der Waals surface area contributed by atoms with Crippen molar-refractivity contribution in [1.82, 2.24) is 15.2 Å². The molecule has 5 heteroatoms. The fourth-order valence-electron chi connectivity index (χ4n) is 2.98. The minimum atomic E-state index is -0.0259. The van der Waals surface area contributed by atoms with Crippen molar-refractivity contribution in [2.24, 2.45) is 0 Å². The van der Waals surface area contributed by atoms with Gasteiger partial charge in [0, 0.05) is 42.1 Å². The van der Waals surface area contributed by atoms with Crippen LogP contribution in [0, 0.1) is 0 Å². The quantitative estimate of drug-likeness (QED) is 0.937. The van der Waals surface area contributed by atoms with Crippen LogP contribution in [0.1, 0.15) is 28.8 Å². The van der Waals surface area contributed by atoms with Crippen molar-refractivity contribution in [3.05, 3.63) is 64.9 Å². The Bertz CT molecular complexity index is 662. The van der Waals surface area contributed by atoms with E-state index in [2.05, 4.69) is 21.3 Å². The van der Waals surface area contributed by atoms with E-state index in [1.807, 2.05) is 18.2 Å². The molecule has 1 unspecified atom stereocenters. The highest BCUT2D eigenvalue weighted by molar-refractivity contribution is 6.30. The van der Waals surface area contributed by atoms with Gasteiger partial charge in [0.15, 0.2) is 0 Å². The molecule has 2 heterocycles. The first-order chi connectivity index (χ1) is 11.2. The normalized spacial score (nSPS) is 18.6. The van der Waals surface area contributed by atoms with Gasteiger partial charge in [-0.2, -0.15) is 0 Å². The third-order valence-corrected chi connectivity index (χ3v) is 4.31. The molecule has 0 saturated carbocycles. The summed E-state index contributed by atoms with van der Waals surface area (Å²) in [4.78, 5) is 18.6. The predicted molar refractivity (Wildman–Crippen MR) is 91.5 cm³/mol. The lowest BCUT2D eigenvalue weighted by molar-refractivity contribution is 0.0900. The van der Waals surface area contributed by atoms with Crippen LogP contribution in [0.3, 0.4) is 0 Å². The van der Waals surface area contributed by atoms with Crippen LogP contribution in [-0.4, -0.2) is 34.9 Å². The molecule has 1 fully saturated rings. The average molecular weight is 330 g/mol. The van der Waals surface area contributed by atoms with Gasteiger partial charge in [-0.3, -0.25) is 14.7 Å². The molecule has 0 spiro atoms. The van der Waals surface area contributed by atoms with E-state index in [1.165, 1.54) is 5.56 Å². The van der Waals surface area contributed by atoms with Crippen LogP contribution in [0.15, 0.2) is 48.8 Å². The van der Waals surface area contributed by atoms with Crippen molar-refractivity contribution >= 4 is 17.5 Å². The van der Waals surface area contributed by atoms with Crippen molar-refractivity contribution in [2.45, 2.75) is 25.4 Å². The van der Waals surface area contributed by atoms with E-state index in [0.29, 0.717) is 5.56 Å². The summed E-state index contributed by atoms with van der Waals surface area (Å²) in [5, 5.41) is 3.89. The van der Waals surface area contributed by atoms with E-state index < -0.39 is 0 Å². The first-order valence-electron chi connectivity index (χ1n) is 7.88. The number of likely N-dealkylation sites (tertiary alicyclic amines) is 1. The van der Waals surface area contributed by atoms with Crippen LogP contribution < -0.4 is 5.32 Å². The van der Waals surface area contributed by atoms with Gasteiger partial charge in [-0.25, -0.2) is 0 Å². The van der Waals surface area contributed by atoms with Gasteiger partial charge in [0.25, 0.3) is 5.91 Å². The second kappa shape index (κ2) is 7.57. The van der Waals surface area contributed by atoms with Crippen molar-refractivity contribution in [3.8, 4) is 0 Å². The third-order valence-electron chi connectivity index (χ3n) is 4.08. The second-order valence-electron chi connectivity index (χ2n) is 5.91. The number of carbonyl (C=O) groups excluding carboxylic acids is 1. The molecule has 120 valence electrons. The lowest BCUT2D eigenvalue weighted by Gasteiger charge is -2.33. The Kier molecular flexibility index (Phi) is 5.26. The molecule has 4 nitrogen and oxygen atoms in total. The monoisotopic (exact) mass is 329 g/mol. The van der Waals surface area contributed by atoms with Crippen molar-refractivity contribution in [1.29, 1.82) is 0 Å². The number of aromatic nitrogens is 1. The molecule has 1 aliphatic heterocycles. The summed E-state index contributed by atoms with van der Waals surface area (Å²) in [5.41, 5.74) is 1.87. The second-order valence-corrected chi connectivity index (χ2v) is 6.35. The summed E-state index contributed by atoms with van der Waals surface area (Å²) < 4.78 is 0. The molecule has 0 aliphatic carbocycles. The summed E-state index contributed by atoms with van der Waals surface area (Å²) in [5.74, 6) is -0.0259. The standard InChI is InChI=1S/C18H20ClN3O/c19-16-4-1-3-14(11-16)12-22-10-2-5-17(13-22)21-18(23)15-6-8-20-9-7-15/h1,3-4,6-9,11,17H,2,5,10,12-13H2,(H,21,23). The molecule has 1 aromatic heterocycles. The summed E-state index contributed by atoms with van der Waals surface area (Å²) in [6, 6.07) is 11.6. The molecule has 0 bridgehead atoms. The molecular weight excluding hydrogens is 310 g/mol. The topological polar surface area (TPSA) is 45.2 Å². The number of carbonyl (C=O) groups is 1. The highest BCUT2D eigenvalue weighted by Crippen LogP contribution is 2.17. The van der Waals surface area contributed by atoms with Crippen LogP contribution >= 0.6 is 11.6 Å². The Morgan fingerprint density at radius 1 is 1.30 bits per heavy atom. The van der Waals surface area contributed by atoms with Gasteiger partial charge in [0.2, 0.25) is 0 Å². The van der Waals surface area contributed by atoms with Gasteiger partial charge in [-0.1, -0.05) is 23.7 Å². The summed E-state index contributed by atoms with van der Waals surface area (Å²) in [6.45, 7) is 2.78. The third kappa shape index (κ3) is 4.53. The maximum atomic E-state index is 12.2. The van der Waals surface area contributed by atoms with Gasteiger partial charge in [-0.05, 0) is 49.2 Å². The van der Waals surface area contributed by atoms with Crippen molar-refractivity contribution in [2.75, 3.05) is 13.1 Å². The number of piperidine rings is 1. The zero-order valence-corrected chi connectivity index (χ0v) is 13.7. The minimum Gasteiger partial charge on any atom is -0.348 e. The van der Waals surface area contributed by atoms with Crippen LogP contribution in [0.25, 0.3) is 0 Å². The predicted octanol–water partition coefficient (Wildman–Crippen LogP) is 3.13. The molecule has 1 aliphatic rings. The van der Waals surface area contributed by atoms with Crippen molar-refractivity contribution < 1.29 is 4.79 Å². The zero-order chi connectivity index (χ0) is 16.1. The molecule has 1 N–H and O–H groups in total. The van der Waals surface area contributed by atoms with Crippen LogP contribution in [0.2, 0.25) is 5.02 Å². The molecule has 1 atom stereocenters. The lowest BCUT2D eigenvalue weighted by Crippen LogP contribution is -2.47. The van der Waals surface area contributed by atoms with Gasteiger partial charge in [-0.15, -0.1) is 0 Å². The highest BCUT2D eigenvalue weighted by atomic mass is 35.5. The van der Waals surface area contributed by atoms with Gasteiger partial charge in [0.05, 0.1) is 0 Å². The molecule has 2 aromatic rings. The first-order valence-corrected chi connectivity index (χ1v) is 8.26. The maximum Gasteiger partial charge on any atom is 0.251 e. The van der Waals surface area contributed by atoms with E-state index in [9.17, 15) is 4.79 Å². The van der Waals surface area contributed by atoms with E-state index in [4.69, 9.17) is 11.6 Å². The molecule has 1 amide bonds. The number of amides is 1. The van der Waals surface area contributed by atoms with Gasteiger partial charge in [0.1, 0.15) is 0 Å². The number of hydrogen-bond acceptors (Lipinski definition) is 3. The van der Waals surface area contributed by atoms with Crippen LogP contribution in [0.5, 0.6) is 0 Å². The largest absolute Gasteiger partial charge is 0.348 e. The highest BCUT2D eigenvalue weighted by Gasteiger charge is 2.21. The lowest BCUT2D eigenvalue weighted by atomic mass is 10.0. The van der Waals surface area contributed by atoms with E-state index >= 15 is 0 Å². The Morgan fingerprint density at radius 3 is 2.91 bits per heavy atom. The summed E-state index contributed by atoms with van der Waals surface area (Å²) >= 11 is 6.05. The Hall–Kier alpha value is -1.91. The van der Waals surface area contributed by atoms with Crippen LogP contribution in [-0.2, 0) is 6.54 Å². The van der Waals surface area contributed by atoms with Crippen molar-refractivity contribution in [3.63, 3.8) is 0 Å². The van der Waals surface area contributed by atoms with E-state index in [0.717, 1.165) is 37.5 Å². The molecular formula is C18H20ClN3O.